The third kappa shape index (κ3) is 3.44. The first-order chi connectivity index (χ1) is 13.3. The van der Waals surface area contributed by atoms with Crippen LogP contribution in [0.4, 0.5) is 29.2 Å². The summed E-state index contributed by atoms with van der Waals surface area (Å²) in [6, 6.07) is 5.70. The fraction of sp³-hybridized carbons (Fsp3) is 0.316. The van der Waals surface area contributed by atoms with Crippen LogP contribution in [0, 0.1) is 5.82 Å². The summed E-state index contributed by atoms with van der Waals surface area (Å²) in [5.74, 6) is -1.32. The van der Waals surface area contributed by atoms with Crippen molar-refractivity contribution >= 4 is 22.7 Å². The highest BCUT2D eigenvalue weighted by atomic mass is 19.4. The van der Waals surface area contributed by atoms with Crippen molar-refractivity contribution in [2.45, 2.75) is 37.9 Å². The van der Waals surface area contributed by atoms with Gasteiger partial charge in [-0.2, -0.15) is 18.2 Å². The van der Waals surface area contributed by atoms with Gasteiger partial charge in [0.25, 0.3) is 5.56 Å². The third-order valence-corrected chi connectivity index (χ3v) is 4.88. The van der Waals surface area contributed by atoms with Crippen molar-refractivity contribution in [3.8, 4) is 0 Å². The van der Waals surface area contributed by atoms with Crippen molar-refractivity contribution in [1.82, 2.24) is 14.5 Å². The van der Waals surface area contributed by atoms with Crippen molar-refractivity contribution in [3.05, 3.63) is 58.3 Å². The normalized spacial score (nSPS) is 15.3. The van der Waals surface area contributed by atoms with Crippen molar-refractivity contribution in [1.29, 1.82) is 0 Å². The Labute approximate surface area is 157 Å². The van der Waals surface area contributed by atoms with Crippen molar-refractivity contribution in [2.24, 2.45) is 0 Å². The van der Waals surface area contributed by atoms with E-state index < -0.39 is 17.6 Å². The quantitative estimate of drug-likeness (QED) is 0.650. The van der Waals surface area contributed by atoms with Gasteiger partial charge < -0.3 is 5.32 Å². The molecule has 2 heterocycles. The summed E-state index contributed by atoms with van der Waals surface area (Å²) in [4.78, 5) is 20.9. The van der Waals surface area contributed by atoms with Crippen molar-refractivity contribution < 1.29 is 17.6 Å². The Hall–Kier alpha value is -2.97. The molecular weight excluding hydrogens is 376 g/mol. The van der Waals surface area contributed by atoms with Gasteiger partial charge in [0.1, 0.15) is 11.5 Å². The lowest BCUT2D eigenvalue weighted by Gasteiger charge is -2.16. The molecule has 0 spiro atoms. The molecule has 2 aromatic heterocycles. The first-order valence-electron chi connectivity index (χ1n) is 8.85. The Morgan fingerprint density at radius 1 is 1.11 bits per heavy atom. The largest absolute Gasteiger partial charge is 0.419 e. The summed E-state index contributed by atoms with van der Waals surface area (Å²) >= 11 is 0. The molecule has 1 N–H and O–H groups in total. The van der Waals surface area contributed by atoms with Gasteiger partial charge in [0, 0.05) is 29.4 Å². The van der Waals surface area contributed by atoms with E-state index in [9.17, 15) is 22.4 Å². The van der Waals surface area contributed by atoms with Crippen LogP contribution in [-0.4, -0.2) is 14.5 Å². The van der Waals surface area contributed by atoms with E-state index in [1.807, 2.05) is 0 Å². The average Bonchev–Trinajstić information content (AvgIpc) is 3.16. The van der Waals surface area contributed by atoms with Crippen LogP contribution in [0.1, 0.15) is 37.3 Å². The van der Waals surface area contributed by atoms with Gasteiger partial charge >= 0.3 is 6.18 Å². The number of nitrogens with one attached hydrogen (secondary N) is 1. The van der Waals surface area contributed by atoms with Gasteiger partial charge in [0.05, 0.1) is 5.56 Å². The van der Waals surface area contributed by atoms with Gasteiger partial charge in [-0.25, -0.2) is 9.37 Å². The predicted molar refractivity (Wildman–Crippen MR) is 96.0 cm³/mol. The highest BCUT2D eigenvalue weighted by molar-refractivity contribution is 5.75. The molecule has 9 heteroatoms. The molecule has 28 heavy (non-hydrogen) atoms. The number of rotatable bonds is 3. The van der Waals surface area contributed by atoms with Gasteiger partial charge in [-0.1, -0.05) is 12.8 Å². The highest BCUT2D eigenvalue weighted by Crippen LogP contribution is 2.34. The number of pyridine rings is 1. The van der Waals surface area contributed by atoms with Gasteiger partial charge in [0.15, 0.2) is 0 Å². The van der Waals surface area contributed by atoms with E-state index >= 15 is 0 Å². The van der Waals surface area contributed by atoms with E-state index in [0.717, 1.165) is 31.7 Å². The lowest BCUT2D eigenvalue weighted by Crippen LogP contribution is -2.23. The maximum Gasteiger partial charge on any atom is 0.419 e. The van der Waals surface area contributed by atoms with Gasteiger partial charge in [-0.05, 0) is 37.1 Å². The minimum Gasteiger partial charge on any atom is -0.324 e. The van der Waals surface area contributed by atoms with Crippen LogP contribution in [0.25, 0.3) is 11.0 Å². The van der Waals surface area contributed by atoms with Crippen molar-refractivity contribution in [3.63, 3.8) is 0 Å². The fourth-order valence-corrected chi connectivity index (χ4v) is 3.56. The van der Waals surface area contributed by atoms with E-state index in [-0.39, 0.29) is 23.2 Å². The minimum absolute atomic E-state index is 0.00114. The molecule has 5 nitrogen and oxygen atoms in total. The standard InChI is InChI=1S/C19H16F4N4O/c20-15-7-6-12(9-14(15)19(21,22)23)25-18-24-10-11-5-8-16(28)27(17(11)26-18)13-3-1-2-4-13/h5-10,13H,1-4H2,(H,24,25,26). The zero-order chi connectivity index (χ0) is 19.9. The number of anilines is 2. The molecule has 1 fully saturated rings. The second-order valence-electron chi connectivity index (χ2n) is 6.77. The zero-order valence-corrected chi connectivity index (χ0v) is 14.6. The van der Waals surface area contributed by atoms with Crippen LogP contribution < -0.4 is 10.9 Å². The number of hydrogen-bond donors (Lipinski definition) is 1. The summed E-state index contributed by atoms with van der Waals surface area (Å²) in [6.45, 7) is 0. The van der Waals surface area contributed by atoms with Crippen LogP contribution in [0.5, 0.6) is 0 Å². The van der Waals surface area contributed by atoms with Gasteiger partial charge in [-0.3, -0.25) is 9.36 Å². The van der Waals surface area contributed by atoms with Crippen LogP contribution in [0.2, 0.25) is 0 Å². The average molecular weight is 392 g/mol. The molecule has 0 unspecified atom stereocenters. The zero-order valence-electron chi connectivity index (χ0n) is 14.6. The Kier molecular flexibility index (Phi) is 4.52. The van der Waals surface area contributed by atoms with Crippen LogP contribution in [-0.2, 0) is 6.18 Å². The molecule has 0 aliphatic heterocycles. The first-order valence-corrected chi connectivity index (χ1v) is 8.85. The summed E-state index contributed by atoms with van der Waals surface area (Å²) in [5, 5.41) is 3.33. The van der Waals surface area contributed by atoms with Gasteiger partial charge in [0.2, 0.25) is 5.95 Å². The smallest absolute Gasteiger partial charge is 0.324 e. The molecule has 1 aromatic carbocycles. The monoisotopic (exact) mass is 392 g/mol. The van der Waals surface area contributed by atoms with E-state index in [4.69, 9.17) is 0 Å². The molecule has 1 aliphatic rings. The van der Waals surface area contributed by atoms with E-state index in [1.165, 1.54) is 18.3 Å². The topological polar surface area (TPSA) is 59.8 Å². The number of halogens is 4. The summed E-state index contributed by atoms with van der Waals surface area (Å²) in [5.41, 5.74) is -1.12. The molecule has 0 atom stereocenters. The van der Waals surface area contributed by atoms with Crippen LogP contribution >= 0.6 is 0 Å². The first kappa shape index (κ1) is 18.4. The van der Waals surface area contributed by atoms with Crippen molar-refractivity contribution in [2.75, 3.05) is 5.32 Å². The summed E-state index contributed by atoms with van der Waals surface area (Å²) in [6.07, 6.45) is 0.495. The molecule has 0 amide bonds. The third-order valence-electron chi connectivity index (χ3n) is 4.88. The number of fused-ring (bicyclic) bond motifs is 1. The van der Waals surface area contributed by atoms with E-state index in [1.54, 1.807) is 10.6 Å². The molecule has 4 rings (SSSR count). The summed E-state index contributed by atoms with van der Waals surface area (Å²) < 4.78 is 53.8. The maximum atomic E-state index is 13.5. The van der Waals surface area contributed by atoms with Crippen LogP contribution in [0.3, 0.4) is 0 Å². The lowest BCUT2D eigenvalue weighted by molar-refractivity contribution is -0.139. The Morgan fingerprint density at radius 3 is 2.57 bits per heavy atom. The summed E-state index contributed by atoms with van der Waals surface area (Å²) in [7, 11) is 0. The number of aromatic nitrogens is 3. The predicted octanol–water partition coefficient (Wildman–Crippen LogP) is 4.81. The Balaban J connectivity index is 1.74. The molecule has 1 saturated carbocycles. The molecule has 1 aliphatic carbocycles. The lowest BCUT2D eigenvalue weighted by atomic mass is 10.2. The number of nitrogens with zero attached hydrogens (tertiary/aromatic N) is 3. The van der Waals surface area contributed by atoms with E-state index in [0.29, 0.717) is 17.1 Å². The number of alkyl halides is 3. The number of benzene rings is 1. The van der Waals surface area contributed by atoms with Gasteiger partial charge in [-0.15, -0.1) is 0 Å². The molecular formula is C19H16F4N4O. The maximum absolute atomic E-state index is 13.5. The highest BCUT2D eigenvalue weighted by Gasteiger charge is 2.34. The molecule has 0 radical (unpaired) electrons. The molecule has 0 bridgehead atoms. The number of hydrogen-bond acceptors (Lipinski definition) is 4. The Bertz CT molecular complexity index is 1090. The second-order valence-corrected chi connectivity index (χ2v) is 6.77. The molecule has 3 aromatic rings. The minimum atomic E-state index is -4.81. The van der Waals surface area contributed by atoms with Crippen LogP contribution in [0.15, 0.2) is 41.3 Å². The Morgan fingerprint density at radius 2 is 1.86 bits per heavy atom. The molecule has 0 saturated heterocycles. The second kappa shape index (κ2) is 6.88. The van der Waals surface area contributed by atoms with E-state index in [2.05, 4.69) is 15.3 Å². The SMILES string of the molecule is O=c1ccc2cnc(Nc3ccc(F)c(C(F)(F)F)c3)nc2n1C1CCCC1. The molecule has 146 valence electrons. The fourth-order valence-electron chi connectivity index (χ4n) is 3.56.